The van der Waals surface area contributed by atoms with Crippen LogP contribution in [0.1, 0.15) is 22.5 Å². The lowest BCUT2D eigenvalue weighted by Gasteiger charge is -2.13. The van der Waals surface area contributed by atoms with Crippen molar-refractivity contribution in [3.05, 3.63) is 17.4 Å². The molecule has 1 aliphatic rings. The van der Waals surface area contributed by atoms with Crippen LogP contribution in [0.2, 0.25) is 0 Å². The van der Waals surface area contributed by atoms with Gasteiger partial charge in [0.1, 0.15) is 11.3 Å². The molecule has 0 unspecified atom stereocenters. The summed E-state index contributed by atoms with van der Waals surface area (Å²) >= 11 is 0. The van der Waals surface area contributed by atoms with Crippen LogP contribution in [0, 0.1) is 6.92 Å². The highest BCUT2D eigenvalue weighted by molar-refractivity contribution is 7.89. The lowest BCUT2D eigenvalue weighted by atomic mass is 10.3. The van der Waals surface area contributed by atoms with Crippen LogP contribution in [-0.4, -0.2) is 44.9 Å². The Morgan fingerprint density at radius 3 is 2.70 bits per heavy atom. The summed E-state index contributed by atoms with van der Waals surface area (Å²) in [6, 6.07) is 1.03. The zero-order chi connectivity index (χ0) is 14.2. The van der Waals surface area contributed by atoms with E-state index in [9.17, 15) is 13.2 Å². The highest BCUT2D eigenvalue weighted by atomic mass is 35.5. The van der Waals surface area contributed by atoms with Crippen LogP contribution < -0.4 is 5.73 Å². The summed E-state index contributed by atoms with van der Waals surface area (Å²) < 4.78 is 35.6. The van der Waals surface area contributed by atoms with E-state index in [2.05, 4.69) is 4.74 Å². The van der Waals surface area contributed by atoms with Crippen LogP contribution in [-0.2, 0) is 14.8 Å². The Hall–Kier alpha value is -1.09. The molecule has 0 bridgehead atoms. The van der Waals surface area contributed by atoms with Gasteiger partial charge < -0.3 is 14.9 Å². The molecule has 1 saturated heterocycles. The Morgan fingerprint density at radius 2 is 2.20 bits per heavy atom. The average molecular weight is 325 g/mol. The van der Waals surface area contributed by atoms with Crippen molar-refractivity contribution in [1.29, 1.82) is 0 Å². The van der Waals surface area contributed by atoms with Gasteiger partial charge in [0.2, 0.25) is 5.09 Å². The molecule has 1 aromatic heterocycles. The van der Waals surface area contributed by atoms with Crippen molar-refractivity contribution in [1.82, 2.24) is 4.31 Å². The van der Waals surface area contributed by atoms with E-state index >= 15 is 0 Å². The first-order chi connectivity index (χ1) is 8.86. The van der Waals surface area contributed by atoms with E-state index in [1.54, 1.807) is 0 Å². The van der Waals surface area contributed by atoms with Crippen LogP contribution in [0.15, 0.2) is 15.6 Å². The second kappa shape index (κ2) is 6.13. The van der Waals surface area contributed by atoms with E-state index in [1.807, 2.05) is 0 Å². The summed E-state index contributed by atoms with van der Waals surface area (Å²) in [5.74, 6) is -0.408. The first kappa shape index (κ1) is 17.0. The molecule has 0 amide bonds. The molecule has 0 aromatic carbocycles. The lowest BCUT2D eigenvalue weighted by Crippen LogP contribution is -2.31. The van der Waals surface area contributed by atoms with Gasteiger partial charge in [-0.05, 0) is 13.3 Å². The van der Waals surface area contributed by atoms with Crippen molar-refractivity contribution in [2.45, 2.75) is 24.5 Å². The van der Waals surface area contributed by atoms with Gasteiger partial charge >= 0.3 is 5.97 Å². The number of carbonyl (C=O) groups excluding carboxylic acids is 1. The van der Waals surface area contributed by atoms with Gasteiger partial charge in [0.05, 0.1) is 7.11 Å². The molecular weight excluding hydrogens is 308 g/mol. The zero-order valence-corrected chi connectivity index (χ0v) is 12.8. The molecule has 0 radical (unpaired) electrons. The molecule has 2 N–H and O–H groups in total. The van der Waals surface area contributed by atoms with Gasteiger partial charge in [0, 0.05) is 25.2 Å². The molecule has 1 fully saturated rings. The molecule has 9 heteroatoms. The molecule has 2 rings (SSSR count). The SMILES string of the molecule is COC(=O)c1cc(S(=O)(=O)N2CC[C@@H](N)C2)oc1C.Cl. The van der Waals surface area contributed by atoms with Gasteiger partial charge in [-0.15, -0.1) is 12.4 Å². The summed E-state index contributed by atoms with van der Waals surface area (Å²) in [4.78, 5) is 11.4. The molecule has 0 spiro atoms. The number of sulfonamides is 1. The minimum Gasteiger partial charge on any atom is -0.465 e. The number of nitrogens with zero attached hydrogens (tertiary/aromatic N) is 1. The highest BCUT2D eigenvalue weighted by Gasteiger charge is 2.34. The van der Waals surface area contributed by atoms with Gasteiger partial charge in [0.25, 0.3) is 10.0 Å². The Balaban J connectivity index is 0.00000200. The molecule has 2 heterocycles. The number of halogens is 1. The minimum atomic E-state index is -3.74. The number of nitrogens with two attached hydrogens (primary N) is 1. The number of hydrogen-bond acceptors (Lipinski definition) is 6. The third kappa shape index (κ3) is 2.98. The van der Waals surface area contributed by atoms with E-state index in [0.717, 1.165) is 0 Å². The van der Waals surface area contributed by atoms with Crippen LogP contribution in [0.5, 0.6) is 0 Å². The van der Waals surface area contributed by atoms with Crippen molar-refractivity contribution in [2.24, 2.45) is 5.73 Å². The fourth-order valence-corrected chi connectivity index (χ4v) is 3.48. The van der Waals surface area contributed by atoms with Crippen molar-refractivity contribution < 1.29 is 22.4 Å². The van der Waals surface area contributed by atoms with Crippen molar-refractivity contribution in [2.75, 3.05) is 20.2 Å². The van der Waals surface area contributed by atoms with Crippen molar-refractivity contribution >= 4 is 28.4 Å². The summed E-state index contributed by atoms with van der Waals surface area (Å²) in [7, 11) is -2.51. The topological polar surface area (TPSA) is 103 Å². The zero-order valence-electron chi connectivity index (χ0n) is 11.2. The van der Waals surface area contributed by atoms with Gasteiger partial charge in [0.15, 0.2) is 0 Å². The van der Waals surface area contributed by atoms with Crippen LogP contribution >= 0.6 is 12.4 Å². The lowest BCUT2D eigenvalue weighted by molar-refractivity contribution is 0.0599. The summed E-state index contributed by atoms with van der Waals surface area (Å²) in [5, 5.41) is -0.250. The average Bonchev–Trinajstić information content (AvgIpc) is 2.95. The second-order valence-electron chi connectivity index (χ2n) is 4.44. The quantitative estimate of drug-likeness (QED) is 0.813. The van der Waals surface area contributed by atoms with E-state index in [0.29, 0.717) is 13.0 Å². The third-order valence-electron chi connectivity index (χ3n) is 3.08. The number of methoxy groups -OCH3 is 1. The van der Waals surface area contributed by atoms with Gasteiger partial charge in [-0.1, -0.05) is 0 Å². The number of hydrogen-bond donors (Lipinski definition) is 1. The summed E-state index contributed by atoms with van der Waals surface area (Å²) in [6.45, 7) is 2.13. The molecule has 1 atom stereocenters. The van der Waals surface area contributed by atoms with Gasteiger partial charge in [-0.3, -0.25) is 0 Å². The second-order valence-corrected chi connectivity index (χ2v) is 6.31. The summed E-state index contributed by atoms with van der Waals surface area (Å²) in [5.41, 5.74) is 5.81. The first-order valence-electron chi connectivity index (χ1n) is 5.80. The molecule has 1 aliphatic heterocycles. The molecule has 7 nitrogen and oxygen atoms in total. The predicted molar refractivity (Wildman–Crippen MR) is 73.4 cm³/mol. The maximum atomic E-state index is 12.3. The highest BCUT2D eigenvalue weighted by Crippen LogP contribution is 2.25. The fourth-order valence-electron chi connectivity index (χ4n) is 1.99. The Labute approximate surface area is 123 Å². The normalized spacial score (nSPS) is 19.6. The number of ether oxygens (including phenoxy) is 1. The van der Waals surface area contributed by atoms with E-state index in [1.165, 1.54) is 24.4 Å². The maximum Gasteiger partial charge on any atom is 0.341 e. The Bertz CT molecular complexity index is 598. The molecule has 1 aromatic rings. The van der Waals surface area contributed by atoms with E-state index in [-0.39, 0.29) is 41.4 Å². The summed E-state index contributed by atoms with van der Waals surface area (Å²) in [6.07, 6.45) is 0.614. The van der Waals surface area contributed by atoms with E-state index < -0.39 is 16.0 Å². The largest absolute Gasteiger partial charge is 0.465 e. The molecule has 20 heavy (non-hydrogen) atoms. The van der Waals surface area contributed by atoms with Gasteiger partial charge in [-0.25, -0.2) is 13.2 Å². The molecular formula is C11H17ClN2O5S. The number of aryl methyl sites for hydroxylation is 1. The smallest absolute Gasteiger partial charge is 0.341 e. The van der Waals surface area contributed by atoms with Crippen LogP contribution in [0.25, 0.3) is 0 Å². The maximum absolute atomic E-state index is 12.3. The van der Waals surface area contributed by atoms with Crippen LogP contribution in [0.4, 0.5) is 0 Å². The van der Waals surface area contributed by atoms with Crippen molar-refractivity contribution in [3.63, 3.8) is 0 Å². The minimum absolute atomic E-state index is 0. The molecule has 0 aliphatic carbocycles. The standard InChI is InChI=1S/C11H16N2O5S.ClH/c1-7-9(11(14)17-2)5-10(18-7)19(15,16)13-4-3-8(12)6-13;/h5,8H,3-4,6,12H2,1-2H3;1H/t8-;/m1./s1. The Kier molecular flexibility index (Phi) is 5.20. The fraction of sp³-hybridized carbons (Fsp3) is 0.545. The number of furan rings is 1. The Morgan fingerprint density at radius 1 is 1.55 bits per heavy atom. The number of carbonyl (C=O) groups is 1. The predicted octanol–water partition coefficient (Wildman–Crippen LogP) is 0.518. The number of rotatable bonds is 3. The van der Waals surface area contributed by atoms with Gasteiger partial charge in [-0.2, -0.15) is 4.31 Å². The van der Waals surface area contributed by atoms with Crippen LogP contribution in [0.3, 0.4) is 0 Å². The van der Waals surface area contributed by atoms with E-state index in [4.69, 9.17) is 10.2 Å². The molecule has 0 saturated carbocycles. The monoisotopic (exact) mass is 324 g/mol. The molecule has 114 valence electrons. The number of esters is 1. The first-order valence-corrected chi connectivity index (χ1v) is 7.24. The third-order valence-corrected chi connectivity index (χ3v) is 4.80. The van der Waals surface area contributed by atoms with Crippen molar-refractivity contribution in [3.8, 4) is 0 Å².